The van der Waals surface area contributed by atoms with Crippen LogP contribution in [0.4, 0.5) is 5.69 Å². The molecule has 0 amide bonds. The largest absolute Gasteiger partial charge is 0.369 e. The molecule has 18 heavy (non-hydrogen) atoms. The van der Waals surface area contributed by atoms with Crippen LogP contribution in [-0.4, -0.2) is 34.6 Å². The van der Waals surface area contributed by atoms with Crippen LogP contribution in [0.5, 0.6) is 0 Å². The maximum atomic E-state index is 5.80. The van der Waals surface area contributed by atoms with E-state index in [9.17, 15) is 0 Å². The van der Waals surface area contributed by atoms with Crippen LogP contribution >= 0.6 is 0 Å². The molecule has 1 fully saturated rings. The Bertz CT molecular complexity index is 547. The molecule has 1 atom stereocenters. The molecule has 2 aromatic rings. The van der Waals surface area contributed by atoms with Crippen molar-refractivity contribution in [2.75, 3.05) is 24.5 Å². The number of piperidine rings is 1. The highest BCUT2D eigenvalue weighted by Gasteiger charge is 2.21. The first kappa shape index (κ1) is 11.5. The van der Waals surface area contributed by atoms with Gasteiger partial charge in [-0.25, -0.2) is 4.68 Å². The van der Waals surface area contributed by atoms with Crippen molar-refractivity contribution in [2.24, 2.45) is 18.7 Å². The van der Waals surface area contributed by atoms with Gasteiger partial charge in [0.15, 0.2) is 0 Å². The van der Waals surface area contributed by atoms with Gasteiger partial charge in [0.25, 0.3) is 0 Å². The minimum Gasteiger partial charge on any atom is -0.369 e. The van der Waals surface area contributed by atoms with E-state index in [1.165, 1.54) is 18.5 Å². The lowest BCUT2D eigenvalue weighted by Crippen LogP contribution is -2.38. The highest BCUT2D eigenvalue weighted by atomic mass is 15.4. The third-order valence-corrected chi connectivity index (χ3v) is 3.81. The van der Waals surface area contributed by atoms with E-state index in [-0.39, 0.29) is 0 Å². The molecule has 5 heteroatoms. The van der Waals surface area contributed by atoms with Gasteiger partial charge in [-0.05, 0) is 37.4 Å². The molecule has 1 aromatic heterocycles. The number of hydrogen-bond donors (Lipinski definition) is 1. The zero-order valence-electron chi connectivity index (χ0n) is 10.7. The summed E-state index contributed by atoms with van der Waals surface area (Å²) in [5.41, 5.74) is 9.08. The second-order valence-electron chi connectivity index (χ2n) is 5.05. The molecule has 1 aliphatic rings. The number of benzene rings is 1. The number of nitrogens with two attached hydrogens (primary N) is 1. The lowest BCUT2D eigenvalue weighted by Gasteiger charge is -2.33. The highest BCUT2D eigenvalue weighted by Crippen LogP contribution is 2.28. The van der Waals surface area contributed by atoms with Crippen molar-refractivity contribution < 1.29 is 0 Å². The number of aromatic nitrogens is 3. The molecule has 0 radical (unpaired) electrons. The summed E-state index contributed by atoms with van der Waals surface area (Å²) in [7, 11) is 1.93. The minimum absolute atomic E-state index is 0.602. The smallest absolute Gasteiger partial charge is 0.136 e. The standard InChI is InChI=1S/C13H19N5/c1-17-11-5-2-6-12(13(11)15-16-17)18-7-3-4-10(8-14)9-18/h2,5-6,10H,3-4,7-9,14H2,1H3. The van der Waals surface area contributed by atoms with Crippen LogP contribution in [0.3, 0.4) is 0 Å². The molecule has 5 nitrogen and oxygen atoms in total. The van der Waals surface area contributed by atoms with Crippen molar-refractivity contribution in [1.29, 1.82) is 0 Å². The maximum absolute atomic E-state index is 5.80. The quantitative estimate of drug-likeness (QED) is 0.862. The predicted octanol–water partition coefficient (Wildman–Crippen LogP) is 1.14. The minimum atomic E-state index is 0.602. The van der Waals surface area contributed by atoms with E-state index in [0.717, 1.165) is 30.7 Å². The van der Waals surface area contributed by atoms with Gasteiger partial charge in [-0.3, -0.25) is 0 Å². The van der Waals surface area contributed by atoms with Crippen molar-refractivity contribution in [3.63, 3.8) is 0 Å². The van der Waals surface area contributed by atoms with Crippen molar-refractivity contribution in [1.82, 2.24) is 15.0 Å². The zero-order valence-corrected chi connectivity index (χ0v) is 10.7. The van der Waals surface area contributed by atoms with Crippen LogP contribution in [0, 0.1) is 5.92 Å². The van der Waals surface area contributed by atoms with Gasteiger partial charge in [0.05, 0.1) is 11.2 Å². The average Bonchev–Trinajstić information content (AvgIpc) is 2.81. The van der Waals surface area contributed by atoms with Crippen LogP contribution in [0.2, 0.25) is 0 Å². The van der Waals surface area contributed by atoms with Crippen LogP contribution in [-0.2, 0) is 7.05 Å². The summed E-state index contributed by atoms with van der Waals surface area (Å²) in [5, 5.41) is 8.39. The normalized spacial score (nSPS) is 20.6. The molecule has 96 valence electrons. The van der Waals surface area contributed by atoms with E-state index in [1.54, 1.807) is 0 Å². The molecule has 0 saturated carbocycles. The Hall–Kier alpha value is -1.62. The lowest BCUT2D eigenvalue weighted by molar-refractivity contribution is 0.424. The molecule has 3 rings (SSSR count). The molecule has 0 spiro atoms. The molecule has 1 unspecified atom stereocenters. The van der Waals surface area contributed by atoms with Crippen LogP contribution in [0.1, 0.15) is 12.8 Å². The van der Waals surface area contributed by atoms with Gasteiger partial charge >= 0.3 is 0 Å². The molecule has 2 N–H and O–H groups in total. The van der Waals surface area contributed by atoms with Crippen molar-refractivity contribution in [2.45, 2.75) is 12.8 Å². The highest BCUT2D eigenvalue weighted by molar-refractivity contribution is 5.88. The maximum Gasteiger partial charge on any atom is 0.136 e. The third kappa shape index (κ3) is 1.84. The summed E-state index contributed by atoms with van der Waals surface area (Å²) in [6, 6.07) is 6.27. The van der Waals surface area contributed by atoms with Gasteiger partial charge in [0.1, 0.15) is 5.52 Å². The van der Waals surface area contributed by atoms with Gasteiger partial charge < -0.3 is 10.6 Å². The summed E-state index contributed by atoms with van der Waals surface area (Å²) in [6.45, 7) is 2.89. The van der Waals surface area contributed by atoms with Gasteiger partial charge in [-0.2, -0.15) is 0 Å². The summed E-state index contributed by atoms with van der Waals surface area (Å²) in [5.74, 6) is 0.602. The Morgan fingerprint density at radius 1 is 1.44 bits per heavy atom. The Kier molecular flexibility index (Phi) is 2.91. The molecule has 2 heterocycles. The van der Waals surface area contributed by atoms with Crippen molar-refractivity contribution >= 4 is 16.7 Å². The summed E-state index contributed by atoms with van der Waals surface area (Å²) in [4.78, 5) is 2.40. The second-order valence-corrected chi connectivity index (χ2v) is 5.05. The second kappa shape index (κ2) is 4.57. The number of nitrogens with zero attached hydrogens (tertiary/aromatic N) is 4. The van der Waals surface area contributed by atoms with Gasteiger partial charge in [0, 0.05) is 20.1 Å². The van der Waals surface area contributed by atoms with E-state index in [0.29, 0.717) is 5.92 Å². The Labute approximate surface area is 107 Å². The first-order valence-electron chi connectivity index (χ1n) is 6.53. The van der Waals surface area contributed by atoms with Crippen LogP contribution in [0.15, 0.2) is 18.2 Å². The average molecular weight is 245 g/mol. The van der Waals surface area contributed by atoms with Crippen LogP contribution in [0.25, 0.3) is 11.0 Å². The van der Waals surface area contributed by atoms with Crippen molar-refractivity contribution in [3.8, 4) is 0 Å². The lowest BCUT2D eigenvalue weighted by atomic mass is 9.97. The van der Waals surface area contributed by atoms with Gasteiger partial charge in [0.2, 0.25) is 0 Å². The van der Waals surface area contributed by atoms with Crippen molar-refractivity contribution in [3.05, 3.63) is 18.2 Å². The fraction of sp³-hybridized carbons (Fsp3) is 0.538. The Balaban J connectivity index is 1.98. The van der Waals surface area contributed by atoms with Crippen LogP contribution < -0.4 is 10.6 Å². The number of rotatable bonds is 2. The number of aryl methyl sites for hydroxylation is 1. The van der Waals surface area contributed by atoms with E-state index in [2.05, 4.69) is 33.4 Å². The Morgan fingerprint density at radius 3 is 3.17 bits per heavy atom. The van der Waals surface area contributed by atoms with E-state index in [1.807, 2.05) is 11.7 Å². The SMILES string of the molecule is Cn1nnc2c(N3CCCC(CN)C3)cccc21. The molecule has 1 saturated heterocycles. The monoisotopic (exact) mass is 245 g/mol. The fourth-order valence-corrected chi connectivity index (χ4v) is 2.77. The molecular weight excluding hydrogens is 226 g/mol. The number of fused-ring (bicyclic) bond motifs is 1. The molecular formula is C13H19N5. The fourth-order valence-electron chi connectivity index (χ4n) is 2.77. The molecule has 0 aliphatic carbocycles. The molecule has 1 aromatic carbocycles. The summed E-state index contributed by atoms with van der Waals surface area (Å²) < 4.78 is 1.82. The summed E-state index contributed by atoms with van der Waals surface area (Å²) >= 11 is 0. The number of hydrogen-bond acceptors (Lipinski definition) is 4. The third-order valence-electron chi connectivity index (χ3n) is 3.81. The van der Waals surface area contributed by atoms with E-state index >= 15 is 0 Å². The van der Waals surface area contributed by atoms with E-state index in [4.69, 9.17) is 5.73 Å². The van der Waals surface area contributed by atoms with Gasteiger partial charge in [-0.1, -0.05) is 11.3 Å². The number of anilines is 1. The summed E-state index contributed by atoms with van der Waals surface area (Å²) in [6.07, 6.45) is 2.45. The molecule has 1 aliphatic heterocycles. The predicted molar refractivity (Wildman–Crippen MR) is 72.5 cm³/mol. The van der Waals surface area contributed by atoms with Gasteiger partial charge in [-0.15, -0.1) is 5.10 Å². The topological polar surface area (TPSA) is 60.0 Å². The van der Waals surface area contributed by atoms with E-state index < -0.39 is 0 Å². The zero-order chi connectivity index (χ0) is 12.5. The first-order chi connectivity index (χ1) is 8.79. The molecule has 0 bridgehead atoms. The first-order valence-corrected chi connectivity index (χ1v) is 6.53. The Morgan fingerprint density at radius 2 is 2.33 bits per heavy atom.